The molecule has 0 spiro atoms. The molecule has 14 heavy (non-hydrogen) atoms. The SMILES string of the molecule is CCC(C)NCc1c(F)cncc1F. The third-order valence-electron chi connectivity index (χ3n) is 2.19. The van der Waals surface area contributed by atoms with Crippen molar-refractivity contribution in [3.63, 3.8) is 0 Å². The highest BCUT2D eigenvalue weighted by Crippen LogP contribution is 2.10. The normalized spacial score (nSPS) is 12.9. The molecule has 0 saturated heterocycles. The third kappa shape index (κ3) is 2.73. The van der Waals surface area contributed by atoms with Gasteiger partial charge in [-0.1, -0.05) is 6.92 Å². The summed E-state index contributed by atoms with van der Waals surface area (Å²) in [6.07, 6.45) is 2.97. The quantitative estimate of drug-likeness (QED) is 0.806. The minimum Gasteiger partial charge on any atom is -0.310 e. The molecule has 0 saturated carbocycles. The third-order valence-corrected chi connectivity index (χ3v) is 2.19. The van der Waals surface area contributed by atoms with Crippen LogP contribution in [0.25, 0.3) is 0 Å². The fourth-order valence-electron chi connectivity index (χ4n) is 1.03. The van der Waals surface area contributed by atoms with Crippen LogP contribution >= 0.6 is 0 Å². The van der Waals surface area contributed by atoms with E-state index < -0.39 is 11.6 Å². The van der Waals surface area contributed by atoms with Crippen LogP contribution in [0.2, 0.25) is 0 Å². The number of hydrogen-bond acceptors (Lipinski definition) is 2. The van der Waals surface area contributed by atoms with Gasteiger partial charge in [0.15, 0.2) is 0 Å². The van der Waals surface area contributed by atoms with E-state index in [1.165, 1.54) is 0 Å². The maximum Gasteiger partial charge on any atom is 0.148 e. The fourth-order valence-corrected chi connectivity index (χ4v) is 1.03. The van der Waals surface area contributed by atoms with E-state index in [1.807, 2.05) is 13.8 Å². The average Bonchev–Trinajstić information content (AvgIpc) is 2.16. The summed E-state index contributed by atoms with van der Waals surface area (Å²) in [6, 6.07) is 0.252. The molecule has 1 aromatic rings. The van der Waals surface area contributed by atoms with E-state index in [4.69, 9.17) is 0 Å². The maximum atomic E-state index is 13.1. The summed E-state index contributed by atoms with van der Waals surface area (Å²) in [7, 11) is 0. The van der Waals surface area contributed by atoms with E-state index in [-0.39, 0.29) is 18.2 Å². The molecule has 0 aliphatic heterocycles. The number of nitrogens with zero attached hydrogens (tertiary/aromatic N) is 1. The number of halogens is 2. The summed E-state index contributed by atoms with van der Waals surface area (Å²) < 4.78 is 26.1. The molecular formula is C10H14F2N2. The molecule has 1 rings (SSSR count). The molecule has 0 fully saturated rings. The predicted molar refractivity (Wildman–Crippen MR) is 50.7 cm³/mol. The van der Waals surface area contributed by atoms with Gasteiger partial charge in [0.1, 0.15) is 11.6 Å². The number of nitrogens with one attached hydrogen (secondary N) is 1. The second-order valence-corrected chi connectivity index (χ2v) is 3.27. The van der Waals surface area contributed by atoms with Crippen LogP contribution < -0.4 is 5.32 Å². The number of rotatable bonds is 4. The highest BCUT2D eigenvalue weighted by Gasteiger charge is 2.09. The molecule has 0 bridgehead atoms. The van der Waals surface area contributed by atoms with Gasteiger partial charge in [-0.25, -0.2) is 8.78 Å². The molecule has 1 N–H and O–H groups in total. The molecular weight excluding hydrogens is 186 g/mol. The van der Waals surface area contributed by atoms with Crippen molar-refractivity contribution in [2.24, 2.45) is 0 Å². The Morgan fingerprint density at radius 2 is 1.93 bits per heavy atom. The summed E-state index contributed by atoms with van der Waals surface area (Å²) in [4.78, 5) is 3.41. The smallest absolute Gasteiger partial charge is 0.148 e. The lowest BCUT2D eigenvalue weighted by molar-refractivity contribution is 0.489. The Labute approximate surface area is 82.4 Å². The van der Waals surface area contributed by atoms with Crippen molar-refractivity contribution in [3.05, 3.63) is 29.6 Å². The molecule has 1 heterocycles. The zero-order valence-electron chi connectivity index (χ0n) is 8.35. The number of pyridine rings is 1. The Morgan fingerprint density at radius 3 is 2.43 bits per heavy atom. The second-order valence-electron chi connectivity index (χ2n) is 3.27. The Hall–Kier alpha value is -1.03. The van der Waals surface area contributed by atoms with Crippen molar-refractivity contribution in [1.82, 2.24) is 10.3 Å². The van der Waals surface area contributed by atoms with Gasteiger partial charge < -0.3 is 5.32 Å². The van der Waals surface area contributed by atoms with Gasteiger partial charge in [-0.3, -0.25) is 4.98 Å². The Morgan fingerprint density at radius 1 is 1.36 bits per heavy atom. The van der Waals surface area contributed by atoms with Crippen molar-refractivity contribution in [1.29, 1.82) is 0 Å². The van der Waals surface area contributed by atoms with Gasteiger partial charge in [-0.2, -0.15) is 0 Å². The molecule has 4 heteroatoms. The van der Waals surface area contributed by atoms with Crippen molar-refractivity contribution in [3.8, 4) is 0 Å². The molecule has 0 aromatic carbocycles. The first-order chi connectivity index (χ1) is 6.65. The van der Waals surface area contributed by atoms with Gasteiger partial charge in [0.05, 0.1) is 12.4 Å². The van der Waals surface area contributed by atoms with Crippen LogP contribution in [0.3, 0.4) is 0 Å². The summed E-state index contributed by atoms with van der Waals surface area (Å²) in [5.41, 5.74) is 0.0558. The summed E-state index contributed by atoms with van der Waals surface area (Å²) in [5.74, 6) is -1.19. The van der Waals surface area contributed by atoms with Crippen LogP contribution in [0, 0.1) is 11.6 Å². The van der Waals surface area contributed by atoms with E-state index in [0.29, 0.717) is 0 Å². The lowest BCUT2D eigenvalue weighted by atomic mass is 10.2. The van der Waals surface area contributed by atoms with E-state index in [9.17, 15) is 8.78 Å². The predicted octanol–water partition coefficient (Wildman–Crippen LogP) is 2.25. The molecule has 78 valence electrons. The zero-order valence-corrected chi connectivity index (χ0v) is 8.35. The molecule has 2 nitrogen and oxygen atoms in total. The summed E-state index contributed by atoms with van der Waals surface area (Å²) in [5, 5.41) is 3.02. The zero-order chi connectivity index (χ0) is 10.6. The van der Waals surface area contributed by atoms with Crippen LogP contribution in [-0.4, -0.2) is 11.0 Å². The average molecular weight is 200 g/mol. The largest absolute Gasteiger partial charge is 0.310 e. The first-order valence-corrected chi connectivity index (χ1v) is 4.66. The second kappa shape index (κ2) is 5.00. The standard InChI is InChI=1S/C10H14F2N2/c1-3-7(2)14-4-8-9(11)5-13-6-10(8)12/h5-7,14H,3-4H2,1-2H3. The summed E-state index contributed by atoms with van der Waals surface area (Å²) >= 11 is 0. The van der Waals surface area contributed by atoms with Crippen LogP contribution in [0.1, 0.15) is 25.8 Å². The highest BCUT2D eigenvalue weighted by molar-refractivity contribution is 5.14. The Kier molecular flexibility index (Phi) is 3.95. The minimum atomic E-state index is -0.596. The van der Waals surface area contributed by atoms with Crippen LogP contribution in [0.5, 0.6) is 0 Å². The minimum absolute atomic E-state index is 0.0558. The van der Waals surface area contributed by atoms with Gasteiger partial charge in [0.25, 0.3) is 0 Å². The van der Waals surface area contributed by atoms with Gasteiger partial charge in [0.2, 0.25) is 0 Å². The summed E-state index contributed by atoms with van der Waals surface area (Å²) in [6.45, 7) is 4.18. The Balaban J connectivity index is 2.66. The van der Waals surface area contributed by atoms with E-state index in [0.717, 1.165) is 18.8 Å². The lowest BCUT2D eigenvalue weighted by Crippen LogP contribution is -2.25. The van der Waals surface area contributed by atoms with Gasteiger partial charge in [0, 0.05) is 18.2 Å². The van der Waals surface area contributed by atoms with Gasteiger partial charge >= 0.3 is 0 Å². The number of aromatic nitrogens is 1. The first-order valence-electron chi connectivity index (χ1n) is 4.66. The topological polar surface area (TPSA) is 24.9 Å². The molecule has 1 atom stereocenters. The van der Waals surface area contributed by atoms with Crippen LogP contribution in [0.4, 0.5) is 8.78 Å². The van der Waals surface area contributed by atoms with Gasteiger partial charge in [-0.15, -0.1) is 0 Å². The van der Waals surface area contributed by atoms with Crippen molar-refractivity contribution < 1.29 is 8.78 Å². The first kappa shape index (κ1) is 11.0. The van der Waals surface area contributed by atoms with E-state index in [2.05, 4.69) is 10.3 Å². The number of hydrogen-bond donors (Lipinski definition) is 1. The fraction of sp³-hybridized carbons (Fsp3) is 0.500. The molecule has 1 aromatic heterocycles. The lowest BCUT2D eigenvalue weighted by Gasteiger charge is -2.11. The van der Waals surface area contributed by atoms with Crippen LogP contribution in [-0.2, 0) is 6.54 Å². The highest BCUT2D eigenvalue weighted by atomic mass is 19.1. The molecule has 0 aliphatic carbocycles. The maximum absolute atomic E-state index is 13.1. The molecule has 1 unspecified atom stereocenters. The molecule has 0 amide bonds. The van der Waals surface area contributed by atoms with E-state index >= 15 is 0 Å². The van der Waals surface area contributed by atoms with Gasteiger partial charge in [-0.05, 0) is 13.3 Å². The molecule has 0 radical (unpaired) electrons. The van der Waals surface area contributed by atoms with Crippen molar-refractivity contribution in [2.45, 2.75) is 32.9 Å². The monoisotopic (exact) mass is 200 g/mol. The Bertz CT molecular complexity index is 282. The van der Waals surface area contributed by atoms with Crippen molar-refractivity contribution in [2.75, 3.05) is 0 Å². The van der Waals surface area contributed by atoms with Crippen molar-refractivity contribution >= 4 is 0 Å². The van der Waals surface area contributed by atoms with E-state index in [1.54, 1.807) is 0 Å². The van der Waals surface area contributed by atoms with Crippen LogP contribution in [0.15, 0.2) is 12.4 Å². The molecule has 0 aliphatic rings.